The Morgan fingerprint density at radius 3 is 2.09 bits per heavy atom. The molecule has 0 aliphatic heterocycles. The molecule has 0 saturated heterocycles. The first-order chi connectivity index (χ1) is 5.20. The molecular weight excluding hydrogens is 160 g/mol. The third kappa shape index (κ3) is 3.40. The van der Waals surface area contributed by atoms with Crippen LogP contribution in [0.5, 0.6) is 0 Å². The number of aryl methyl sites for hydroxylation is 2. The van der Waals surface area contributed by atoms with E-state index in [0.717, 1.165) is 17.7 Å². The van der Waals surface area contributed by atoms with Gasteiger partial charge in [-0.1, -0.05) is 23.7 Å². The van der Waals surface area contributed by atoms with Gasteiger partial charge in [0.15, 0.2) is 0 Å². The highest BCUT2D eigenvalue weighted by Crippen LogP contribution is 2.15. The van der Waals surface area contributed by atoms with Crippen LogP contribution in [0, 0.1) is 13.8 Å². The summed E-state index contributed by atoms with van der Waals surface area (Å²) in [6.07, 6.45) is 0. The second-order valence-corrected chi connectivity index (χ2v) is 2.66. The number of hydrogen-bond acceptors (Lipinski definition) is 1. The van der Waals surface area contributed by atoms with E-state index in [1.165, 1.54) is 5.56 Å². The van der Waals surface area contributed by atoms with E-state index < -0.39 is 0 Å². The molecule has 0 heterocycles. The maximum atomic E-state index is 7.00. The number of rotatable bonds is 0. The maximum absolute atomic E-state index is 7.00. The van der Waals surface area contributed by atoms with Gasteiger partial charge in [-0.2, -0.15) is 0 Å². The van der Waals surface area contributed by atoms with Crippen LogP contribution in [0.15, 0.2) is 18.2 Å². The molecule has 0 aliphatic rings. The van der Waals surface area contributed by atoms with Crippen molar-refractivity contribution in [2.24, 2.45) is 0 Å². The molecule has 1 rings (SSSR count). The molecule has 11 heavy (non-hydrogen) atoms. The Labute approximate surface area is 72.6 Å². The second kappa shape index (κ2) is 5.16. The van der Waals surface area contributed by atoms with Gasteiger partial charge < -0.3 is 5.11 Å². The van der Waals surface area contributed by atoms with Crippen molar-refractivity contribution in [1.29, 1.82) is 0 Å². The molecule has 0 bridgehead atoms. The van der Waals surface area contributed by atoms with Crippen LogP contribution in [0.4, 0.5) is 0 Å². The number of halogens is 1. The zero-order valence-electron chi connectivity index (χ0n) is 7.06. The van der Waals surface area contributed by atoms with Crippen LogP contribution < -0.4 is 0 Å². The smallest absolute Gasteiger partial charge is 0.0437 e. The van der Waals surface area contributed by atoms with Gasteiger partial charge in [-0.3, -0.25) is 0 Å². The van der Waals surface area contributed by atoms with Gasteiger partial charge in [-0.25, -0.2) is 0 Å². The lowest BCUT2D eigenvalue weighted by Gasteiger charge is -1.96. The van der Waals surface area contributed by atoms with Crippen LogP contribution in [0.2, 0.25) is 5.02 Å². The molecule has 0 amide bonds. The molecule has 0 aromatic heterocycles. The van der Waals surface area contributed by atoms with Crippen molar-refractivity contribution in [1.82, 2.24) is 0 Å². The molecule has 0 spiro atoms. The van der Waals surface area contributed by atoms with Crippen LogP contribution >= 0.6 is 11.6 Å². The monoisotopic (exact) mass is 172 g/mol. The molecule has 1 aromatic carbocycles. The van der Waals surface area contributed by atoms with Crippen LogP contribution in [-0.4, -0.2) is 12.2 Å². The van der Waals surface area contributed by atoms with Gasteiger partial charge in [0.1, 0.15) is 0 Å². The molecule has 1 N–H and O–H groups in total. The molecule has 0 fully saturated rings. The number of aliphatic hydroxyl groups is 1. The Hall–Kier alpha value is -0.530. The van der Waals surface area contributed by atoms with Crippen LogP contribution in [-0.2, 0) is 0 Å². The SMILES string of the molecule is CO.Cc1ccc(C)c(Cl)c1. The number of aliphatic hydroxyl groups excluding tert-OH is 1. The van der Waals surface area contributed by atoms with E-state index in [4.69, 9.17) is 16.7 Å². The summed E-state index contributed by atoms with van der Waals surface area (Å²) in [5.74, 6) is 0. The second-order valence-electron chi connectivity index (χ2n) is 2.25. The molecule has 0 aliphatic carbocycles. The Balaban J connectivity index is 0.000000461. The van der Waals surface area contributed by atoms with Gasteiger partial charge in [0.05, 0.1) is 0 Å². The van der Waals surface area contributed by atoms with Crippen LogP contribution in [0.3, 0.4) is 0 Å². The van der Waals surface area contributed by atoms with Crippen molar-refractivity contribution in [2.75, 3.05) is 7.11 Å². The largest absolute Gasteiger partial charge is 0.400 e. The van der Waals surface area contributed by atoms with Gasteiger partial charge in [0.25, 0.3) is 0 Å². The molecule has 2 heteroatoms. The van der Waals surface area contributed by atoms with Gasteiger partial charge in [0.2, 0.25) is 0 Å². The van der Waals surface area contributed by atoms with Gasteiger partial charge in [-0.05, 0) is 31.0 Å². The molecule has 1 aromatic rings. The van der Waals surface area contributed by atoms with E-state index >= 15 is 0 Å². The summed E-state index contributed by atoms with van der Waals surface area (Å²) >= 11 is 5.81. The normalized spacial score (nSPS) is 8.45. The highest BCUT2D eigenvalue weighted by atomic mass is 35.5. The first kappa shape index (κ1) is 10.5. The quantitative estimate of drug-likeness (QED) is 0.638. The molecule has 1 nitrogen and oxygen atoms in total. The summed E-state index contributed by atoms with van der Waals surface area (Å²) in [6.45, 7) is 4.03. The lowest BCUT2D eigenvalue weighted by Crippen LogP contribution is -1.75. The summed E-state index contributed by atoms with van der Waals surface area (Å²) in [7, 11) is 1.00. The highest BCUT2D eigenvalue weighted by molar-refractivity contribution is 6.31. The maximum Gasteiger partial charge on any atom is 0.0437 e. The van der Waals surface area contributed by atoms with E-state index in [9.17, 15) is 0 Å². The summed E-state index contributed by atoms with van der Waals surface area (Å²) in [6, 6.07) is 6.05. The van der Waals surface area contributed by atoms with Gasteiger partial charge >= 0.3 is 0 Å². The summed E-state index contributed by atoms with van der Waals surface area (Å²) < 4.78 is 0. The molecule has 0 saturated carbocycles. The first-order valence-electron chi connectivity index (χ1n) is 3.37. The van der Waals surface area contributed by atoms with Gasteiger partial charge in [-0.15, -0.1) is 0 Å². The van der Waals surface area contributed by atoms with E-state index in [-0.39, 0.29) is 0 Å². The Morgan fingerprint density at radius 2 is 1.73 bits per heavy atom. The molecular formula is C9H13ClO. The van der Waals surface area contributed by atoms with Crippen molar-refractivity contribution >= 4 is 11.6 Å². The molecule has 62 valence electrons. The fourth-order valence-electron chi connectivity index (χ4n) is 0.698. The summed E-state index contributed by atoms with van der Waals surface area (Å²) in [5.41, 5.74) is 2.35. The Kier molecular flexibility index (Phi) is 4.92. The topological polar surface area (TPSA) is 20.2 Å². The lowest BCUT2D eigenvalue weighted by molar-refractivity contribution is 0.399. The van der Waals surface area contributed by atoms with E-state index in [1.807, 2.05) is 26.0 Å². The number of benzene rings is 1. The third-order valence-electron chi connectivity index (χ3n) is 1.33. The zero-order chi connectivity index (χ0) is 8.85. The minimum absolute atomic E-state index is 0.856. The first-order valence-corrected chi connectivity index (χ1v) is 3.75. The predicted octanol–water partition coefficient (Wildman–Crippen LogP) is 2.57. The average molecular weight is 173 g/mol. The fraction of sp³-hybridized carbons (Fsp3) is 0.333. The minimum Gasteiger partial charge on any atom is -0.400 e. The van der Waals surface area contributed by atoms with Crippen molar-refractivity contribution in [3.05, 3.63) is 34.3 Å². The molecule has 0 atom stereocenters. The highest BCUT2D eigenvalue weighted by Gasteiger charge is 1.91. The van der Waals surface area contributed by atoms with Crippen molar-refractivity contribution in [2.45, 2.75) is 13.8 Å². The average Bonchev–Trinajstić information content (AvgIpc) is 2.02. The van der Waals surface area contributed by atoms with Crippen molar-refractivity contribution in [3.63, 3.8) is 0 Å². The van der Waals surface area contributed by atoms with Crippen LogP contribution in [0.1, 0.15) is 11.1 Å². The predicted molar refractivity (Wildman–Crippen MR) is 49.1 cm³/mol. The van der Waals surface area contributed by atoms with Crippen molar-refractivity contribution < 1.29 is 5.11 Å². The number of hydrogen-bond donors (Lipinski definition) is 1. The Morgan fingerprint density at radius 1 is 1.18 bits per heavy atom. The van der Waals surface area contributed by atoms with E-state index in [2.05, 4.69) is 6.07 Å². The fourth-order valence-corrected chi connectivity index (χ4v) is 0.933. The van der Waals surface area contributed by atoms with Crippen molar-refractivity contribution in [3.8, 4) is 0 Å². The van der Waals surface area contributed by atoms with Crippen LogP contribution in [0.25, 0.3) is 0 Å². The van der Waals surface area contributed by atoms with E-state index in [0.29, 0.717) is 0 Å². The lowest BCUT2D eigenvalue weighted by atomic mass is 10.2. The summed E-state index contributed by atoms with van der Waals surface area (Å²) in [4.78, 5) is 0. The van der Waals surface area contributed by atoms with Gasteiger partial charge in [0, 0.05) is 12.1 Å². The van der Waals surface area contributed by atoms with E-state index in [1.54, 1.807) is 0 Å². The Bertz CT molecular complexity index is 221. The zero-order valence-corrected chi connectivity index (χ0v) is 7.81. The standard InChI is InChI=1S/C8H9Cl.CH4O/c1-6-3-4-7(2)8(9)5-6;1-2/h3-5H,1-2H3;2H,1H3. The summed E-state index contributed by atoms with van der Waals surface area (Å²) in [5, 5.41) is 7.86. The minimum atomic E-state index is 0.856. The molecule has 0 unspecified atom stereocenters. The molecule has 0 radical (unpaired) electrons. The third-order valence-corrected chi connectivity index (χ3v) is 1.73.